The molecule has 0 saturated heterocycles. The van der Waals surface area contributed by atoms with Crippen LogP contribution in [0.2, 0.25) is 10.0 Å². The molecule has 1 fully saturated rings. The molecule has 0 atom stereocenters. The van der Waals surface area contributed by atoms with Gasteiger partial charge < -0.3 is 21.1 Å². The summed E-state index contributed by atoms with van der Waals surface area (Å²) in [5.74, 6) is 0.0839. The number of nitrogens with one attached hydrogen (secondary N) is 2. The lowest BCUT2D eigenvalue weighted by atomic mass is 10.1. The van der Waals surface area contributed by atoms with Crippen LogP contribution in [0.4, 0.5) is 10.6 Å². The maximum Gasteiger partial charge on any atom is 0.413 e. The van der Waals surface area contributed by atoms with E-state index in [1.165, 1.54) is 10.9 Å². The number of benzene rings is 2. The van der Waals surface area contributed by atoms with Crippen LogP contribution < -0.4 is 21.1 Å². The second-order valence-electron chi connectivity index (χ2n) is 7.53. The lowest BCUT2D eigenvalue weighted by Gasteiger charge is -2.11. The first kappa shape index (κ1) is 22.0. The molecule has 166 valence electrons. The molecular weight excluding hydrogens is 453 g/mol. The second-order valence-corrected chi connectivity index (χ2v) is 8.38. The number of aromatic nitrogens is 2. The van der Waals surface area contributed by atoms with Crippen molar-refractivity contribution in [3.63, 3.8) is 0 Å². The molecule has 32 heavy (non-hydrogen) atoms. The van der Waals surface area contributed by atoms with E-state index in [9.17, 15) is 9.59 Å². The van der Waals surface area contributed by atoms with Crippen LogP contribution in [0.5, 0.6) is 5.75 Å². The highest BCUT2D eigenvalue weighted by Crippen LogP contribution is 2.27. The average Bonchev–Trinajstić information content (AvgIpc) is 3.50. The molecule has 1 aliphatic rings. The van der Waals surface area contributed by atoms with Crippen LogP contribution in [0.1, 0.15) is 34.3 Å². The van der Waals surface area contributed by atoms with E-state index in [1.54, 1.807) is 30.3 Å². The van der Waals surface area contributed by atoms with E-state index < -0.39 is 6.09 Å². The zero-order valence-corrected chi connectivity index (χ0v) is 18.7. The lowest BCUT2D eigenvalue weighted by Crippen LogP contribution is -2.26. The summed E-state index contributed by atoms with van der Waals surface area (Å²) in [5, 5.41) is 10.7. The van der Waals surface area contributed by atoms with E-state index in [0.717, 1.165) is 18.4 Å². The fraction of sp³-hybridized carbons (Fsp3) is 0.227. The Kier molecular flexibility index (Phi) is 6.25. The molecule has 1 aliphatic carbocycles. The Morgan fingerprint density at radius 3 is 2.72 bits per heavy atom. The quantitative estimate of drug-likeness (QED) is 0.495. The second kappa shape index (κ2) is 9.10. The monoisotopic (exact) mass is 473 g/mol. The van der Waals surface area contributed by atoms with Gasteiger partial charge in [-0.2, -0.15) is 5.10 Å². The van der Waals surface area contributed by atoms with Crippen molar-refractivity contribution >= 4 is 41.0 Å². The molecule has 0 unspecified atom stereocenters. The molecule has 0 bridgehead atoms. The van der Waals surface area contributed by atoms with E-state index in [0.29, 0.717) is 26.9 Å². The Balaban J connectivity index is 1.46. The minimum Gasteiger partial charge on any atom is -0.405 e. The Hall–Kier alpha value is -3.23. The van der Waals surface area contributed by atoms with E-state index in [1.807, 2.05) is 13.0 Å². The highest BCUT2D eigenvalue weighted by molar-refractivity contribution is 6.35. The molecule has 8 nitrogen and oxygen atoms in total. The minimum absolute atomic E-state index is 0.0944. The molecule has 0 spiro atoms. The van der Waals surface area contributed by atoms with E-state index >= 15 is 0 Å². The molecule has 4 rings (SSSR count). The number of hydrogen-bond acceptors (Lipinski definition) is 5. The third-order valence-electron chi connectivity index (χ3n) is 5.02. The van der Waals surface area contributed by atoms with Crippen LogP contribution in [0.3, 0.4) is 0 Å². The first-order valence-corrected chi connectivity index (χ1v) is 10.7. The van der Waals surface area contributed by atoms with Gasteiger partial charge in [0.1, 0.15) is 0 Å². The fourth-order valence-corrected chi connectivity index (χ4v) is 3.53. The number of nitrogen functional groups attached to an aromatic ring is 1. The molecule has 1 saturated carbocycles. The smallest absolute Gasteiger partial charge is 0.405 e. The molecule has 0 aliphatic heterocycles. The van der Waals surface area contributed by atoms with Crippen molar-refractivity contribution in [3.05, 3.63) is 69.3 Å². The molecule has 10 heteroatoms. The third-order valence-corrected chi connectivity index (χ3v) is 5.61. The van der Waals surface area contributed by atoms with Crippen molar-refractivity contribution in [2.75, 3.05) is 5.73 Å². The number of aryl methyl sites for hydroxylation is 1. The Bertz CT molecular complexity index is 1190. The number of rotatable bonds is 6. The van der Waals surface area contributed by atoms with Gasteiger partial charge in [0.05, 0.1) is 11.9 Å². The van der Waals surface area contributed by atoms with E-state index in [-0.39, 0.29) is 30.1 Å². The van der Waals surface area contributed by atoms with Crippen molar-refractivity contribution in [1.29, 1.82) is 0 Å². The van der Waals surface area contributed by atoms with Crippen molar-refractivity contribution in [3.8, 4) is 11.4 Å². The van der Waals surface area contributed by atoms with Crippen LogP contribution >= 0.6 is 23.2 Å². The van der Waals surface area contributed by atoms with Crippen LogP contribution in [0, 0.1) is 6.92 Å². The van der Waals surface area contributed by atoms with E-state index in [4.69, 9.17) is 33.7 Å². The molecule has 2 aromatic carbocycles. The van der Waals surface area contributed by atoms with Gasteiger partial charge in [0.15, 0.2) is 11.6 Å². The molecule has 1 heterocycles. The number of carbonyl (C=O) groups excluding carboxylic acids is 2. The van der Waals surface area contributed by atoms with Gasteiger partial charge in [-0.15, -0.1) is 0 Å². The number of carbonyl (C=O) groups is 2. The van der Waals surface area contributed by atoms with Crippen molar-refractivity contribution in [2.45, 2.75) is 32.4 Å². The Labute approximate surface area is 194 Å². The standard InChI is InChI=1S/C22H21Cl2N5O3/c1-12-2-3-13(21(30)28-16-6-7-16)8-18(12)29-20(25)19(11-27-29)32-22(31)26-10-14-4-5-15(23)9-17(14)24/h2-5,8-9,11,16H,6-7,10,25H2,1H3,(H,26,31)(H,28,30). The van der Waals surface area contributed by atoms with Crippen molar-refractivity contribution < 1.29 is 14.3 Å². The average molecular weight is 474 g/mol. The van der Waals surface area contributed by atoms with Gasteiger partial charge in [-0.25, -0.2) is 9.48 Å². The molecule has 1 aromatic heterocycles. The molecule has 4 N–H and O–H groups in total. The summed E-state index contributed by atoms with van der Waals surface area (Å²) >= 11 is 12.0. The number of amides is 2. The lowest BCUT2D eigenvalue weighted by molar-refractivity contribution is 0.0951. The molecular formula is C22H21Cl2N5O3. The summed E-state index contributed by atoms with van der Waals surface area (Å²) in [6, 6.07) is 10.5. The summed E-state index contributed by atoms with van der Waals surface area (Å²) in [7, 11) is 0. The summed E-state index contributed by atoms with van der Waals surface area (Å²) in [4.78, 5) is 24.6. The number of nitrogens with two attached hydrogens (primary N) is 1. The minimum atomic E-state index is -0.712. The van der Waals surface area contributed by atoms with Crippen LogP contribution in [-0.2, 0) is 6.54 Å². The van der Waals surface area contributed by atoms with Gasteiger partial charge in [0, 0.05) is 28.2 Å². The van der Waals surface area contributed by atoms with Gasteiger partial charge in [-0.3, -0.25) is 4.79 Å². The van der Waals surface area contributed by atoms with Crippen LogP contribution in [-0.4, -0.2) is 27.8 Å². The molecule has 3 aromatic rings. The molecule has 0 radical (unpaired) electrons. The first-order valence-electron chi connectivity index (χ1n) is 9.97. The van der Waals surface area contributed by atoms with Gasteiger partial charge in [0.25, 0.3) is 5.91 Å². The summed E-state index contributed by atoms with van der Waals surface area (Å²) in [6.45, 7) is 2.03. The van der Waals surface area contributed by atoms with Crippen LogP contribution in [0.15, 0.2) is 42.6 Å². The predicted octanol–water partition coefficient (Wildman–Crippen LogP) is 4.25. The van der Waals surface area contributed by atoms with Gasteiger partial charge in [-0.05, 0) is 55.2 Å². The van der Waals surface area contributed by atoms with Crippen LogP contribution in [0.25, 0.3) is 5.69 Å². The Morgan fingerprint density at radius 2 is 2.00 bits per heavy atom. The number of ether oxygens (including phenoxy) is 1. The maximum absolute atomic E-state index is 12.4. The predicted molar refractivity (Wildman–Crippen MR) is 123 cm³/mol. The largest absolute Gasteiger partial charge is 0.413 e. The van der Waals surface area contributed by atoms with Gasteiger partial charge >= 0.3 is 6.09 Å². The maximum atomic E-state index is 12.4. The van der Waals surface area contributed by atoms with Crippen molar-refractivity contribution in [1.82, 2.24) is 20.4 Å². The summed E-state index contributed by atoms with van der Waals surface area (Å²) in [5.41, 5.74) is 8.85. The number of nitrogens with zero attached hydrogens (tertiary/aromatic N) is 2. The SMILES string of the molecule is Cc1ccc(C(=O)NC2CC2)cc1-n1ncc(OC(=O)NCc2ccc(Cl)cc2Cl)c1N. The summed E-state index contributed by atoms with van der Waals surface area (Å²) in [6.07, 6.45) is 2.64. The number of hydrogen-bond donors (Lipinski definition) is 3. The number of halogens is 2. The third kappa shape index (κ3) is 4.98. The zero-order chi connectivity index (χ0) is 22.8. The normalized spacial score (nSPS) is 13.0. The van der Waals surface area contributed by atoms with Gasteiger partial charge in [0.2, 0.25) is 0 Å². The zero-order valence-electron chi connectivity index (χ0n) is 17.2. The topological polar surface area (TPSA) is 111 Å². The Morgan fingerprint density at radius 1 is 1.22 bits per heavy atom. The highest BCUT2D eigenvalue weighted by atomic mass is 35.5. The number of anilines is 1. The first-order chi connectivity index (χ1) is 15.3. The van der Waals surface area contributed by atoms with E-state index in [2.05, 4.69) is 15.7 Å². The van der Waals surface area contributed by atoms with Gasteiger partial charge in [-0.1, -0.05) is 35.3 Å². The summed E-state index contributed by atoms with van der Waals surface area (Å²) < 4.78 is 6.74. The molecule has 2 amide bonds. The fourth-order valence-electron chi connectivity index (χ4n) is 3.06. The van der Waals surface area contributed by atoms with Crippen molar-refractivity contribution in [2.24, 2.45) is 0 Å². The highest BCUT2D eigenvalue weighted by Gasteiger charge is 2.24.